The number of rotatable bonds is 5. The van der Waals surface area contributed by atoms with Crippen LogP contribution in [0.2, 0.25) is 4.34 Å². The van der Waals surface area contributed by atoms with Gasteiger partial charge in [0.2, 0.25) is 12.7 Å². The molecule has 0 unspecified atom stereocenters. The van der Waals surface area contributed by atoms with E-state index in [4.69, 9.17) is 21.1 Å². The molecule has 0 radical (unpaired) electrons. The van der Waals surface area contributed by atoms with E-state index in [1.165, 1.54) is 11.3 Å². The second kappa shape index (κ2) is 6.37. The number of carbonyl (C=O) groups excluding carboxylic acids is 2. The number of amides is 1. The zero-order valence-corrected chi connectivity index (χ0v) is 13.0. The Balaban J connectivity index is 1.53. The number of benzene rings is 1. The van der Waals surface area contributed by atoms with E-state index in [0.29, 0.717) is 26.4 Å². The summed E-state index contributed by atoms with van der Waals surface area (Å²) >= 11 is 7.00. The predicted molar refractivity (Wildman–Crippen MR) is 84.1 cm³/mol. The third-order valence-corrected chi connectivity index (χ3v) is 4.36. The van der Waals surface area contributed by atoms with Crippen molar-refractivity contribution in [2.45, 2.75) is 12.8 Å². The molecule has 0 saturated heterocycles. The minimum atomic E-state index is -0.227. The Labute approximate surface area is 135 Å². The number of halogens is 1. The monoisotopic (exact) mass is 337 g/mol. The quantitative estimate of drug-likeness (QED) is 0.844. The van der Waals surface area contributed by atoms with E-state index in [0.717, 1.165) is 0 Å². The summed E-state index contributed by atoms with van der Waals surface area (Å²) in [6.07, 6.45) is 0.260. The minimum Gasteiger partial charge on any atom is -0.454 e. The summed E-state index contributed by atoms with van der Waals surface area (Å²) in [4.78, 5) is 24.4. The molecule has 0 saturated carbocycles. The lowest BCUT2D eigenvalue weighted by atomic mass is 10.2. The van der Waals surface area contributed by atoms with Crippen molar-refractivity contribution in [3.63, 3.8) is 0 Å². The van der Waals surface area contributed by atoms with Crippen LogP contribution in [0.25, 0.3) is 0 Å². The van der Waals surface area contributed by atoms with Crippen LogP contribution in [-0.2, 0) is 4.79 Å². The van der Waals surface area contributed by atoms with Gasteiger partial charge in [0.25, 0.3) is 0 Å². The fourth-order valence-corrected chi connectivity index (χ4v) is 3.02. The van der Waals surface area contributed by atoms with Crippen LogP contribution in [0.4, 0.5) is 5.69 Å². The maximum absolute atomic E-state index is 11.9. The number of ether oxygens (including phenoxy) is 2. The molecule has 0 bridgehead atoms. The lowest BCUT2D eigenvalue weighted by Crippen LogP contribution is -2.13. The Bertz CT molecular complexity index is 728. The second-order valence-electron chi connectivity index (χ2n) is 4.64. The van der Waals surface area contributed by atoms with E-state index in [1.54, 1.807) is 30.3 Å². The number of hydrogen-bond donors (Lipinski definition) is 1. The first-order chi connectivity index (χ1) is 10.6. The van der Waals surface area contributed by atoms with E-state index < -0.39 is 0 Å². The van der Waals surface area contributed by atoms with Gasteiger partial charge in [-0.25, -0.2) is 0 Å². The molecule has 5 nitrogen and oxygen atoms in total. The van der Waals surface area contributed by atoms with Crippen LogP contribution in [0.3, 0.4) is 0 Å². The molecule has 0 atom stereocenters. The van der Waals surface area contributed by atoms with E-state index in [9.17, 15) is 9.59 Å². The van der Waals surface area contributed by atoms with Gasteiger partial charge in [-0.1, -0.05) is 11.6 Å². The number of hydrogen-bond acceptors (Lipinski definition) is 5. The Morgan fingerprint density at radius 1 is 1.14 bits per heavy atom. The number of carbonyl (C=O) groups is 2. The van der Waals surface area contributed by atoms with Crippen LogP contribution in [-0.4, -0.2) is 18.5 Å². The molecule has 0 aliphatic carbocycles. The second-order valence-corrected chi connectivity index (χ2v) is 6.36. The van der Waals surface area contributed by atoms with Crippen LogP contribution in [0.1, 0.15) is 22.5 Å². The fourth-order valence-electron chi connectivity index (χ4n) is 2.01. The lowest BCUT2D eigenvalue weighted by molar-refractivity contribution is -0.116. The van der Waals surface area contributed by atoms with Gasteiger partial charge >= 0.3 is 0 Å². The number of anilines is 1. The zero-order chi connectivity index (χ0) is 15.5. The first-order valence-electron chi connectivity index (χ1n) is 6.60. The highest BCUT2D eigenvalue weighted by atomic mass is 35.5. The molecule has 1 amide bonds. The van der Waals surface area contributed by atoms with E-state index in [-0.39, 0.29) is 31.3 Å². The molecule has 2 heterocycles. The number of fused-ring (bicyclic) bond motifs is 1. The highest BCUT2D eigenvalue weighted by Gasteiger charge is 2.15. The molecule has 1 aromatic carbocycles. The summed E-state index contributed by atoms with van der Waals surface area (Å²) in [5, 5.41) is 2.73. The van der Waals surface area contributed by atoms with Gasteiger partial charge in [-0.05, 0) is 24.3 Å². The smallest absolute Gasteiger partial charge is 0.231 e. The Morgan fingerprint density at radius 3 is 2.73 bits per heavy atom. The summed E-state index contributed by atoms with van der Waals surface area (Å²) in [5.74, 6) is 0.942. The standard InChI is InChI=1S/C15H12ClNO4S/c16-14-5-4-13(22-14)10(18)2-6-15(19)17-9-1-3-11-12(7-9)21-8-20-11/h1,3-5,7H,2,6,8H2,(H,17,19). The Morgan fingerprint density at radius 2 is 1.95 bits per heavy atom. The summed E-state index contributed by atoms with van der Waals surface area (Å²) in [6, 6.07) is 8.50. The third kappa shape index (κ3) is 3.40. The molecule has 0 spiro atoms. The van der Waals surface area contributed by atoms with Crippen LogP contribution in [0.5, 0.6) is 11.5 Å². The third-order valence-electron chi connectivity index (χ3n) is 3.08. The van der Waals surface area contributed by atoms with Gasteiger partial charge in [-0.15, -0.1) is 11.3 Å². The van der Waals surface area contributed by atoms with Crippen LogP contribution >= 0.6 is 22.9 Å². The normalized spacial score (nSPS) is 12.2. The first kappa shape index (κ1) is 14.9. The molecule has 22 heavy (non-hydrogen) atoms. The van der Waals surface area contributed by atoms with Crippen molar-refractivity contribution in [3.05, 3.63) is 39.5 Å². The molecule has 1 N–H and O–H groups in total. The largest absolute Gasteiger partial charge is 0.454 e. The number of ketones is 1. The molecule has 1 aromatic heterocycles. The summed E-state index contributed by atoms with van der Waals surface area (Å²) in [5.41, 5.74) is 0.612. The van der Waals surface area contributed by atoms with Crippen molar-refractivity contribution in [3.8, 4) is 11.5 Å². The van der Waals surface area contributed by atoms with Crippen LogP contribution in [0, 0.1) is 0 Å². The van der Waals surface area contributed by atoms with Crippen molar-refractivity contribution in [2.24, 2.45) is 0 Å². The van der Waals surface area contributed by atoms with Crippen molar-refractivity contribution in [2.75, 3.05) is 12.1 Å². The molecule has 2 aromatic rings. The van der Waals surface area contributed by atoms with Gasteiger partial charge in [-0.2, -0.15) is 0 Å². The van der Waals surface area contributed by atoms with Crippen molar-refractivity contribution >= 4 is 40.3 Å². The number of nitrogens with one attached hydrogen (secondary N) is 1. The van der Waals surface area contributed by atoms with Gasteiger partial charge < -0.3 is 14.8 Å². The van der Waals surface area contributed by atoms with Gasteiger partial charge in [0.15, 0.2) is 17.3 Å². The van der Waals surface area contributed by atoms with E-state index in [2.05, 4.69) is 5.32 Å². The highest BCUT2D eigenvalue weighted by molar-refractivity contribution is 7.18. The topological polar surface area (TPSA) is 64.6 Å². The molecule has 3 rings (SSSR count). The lowest BCUT2D eigenvalue weighted by Gasteiger charge is -2.05. The average molecular weight is 338 g/mol. The van der Waals surface area contributed by atoms with Gasteiger partial charge in [0, 0.05) is 24.6 Å². The summed E-state index contributed by atoms with van der Waals surface area (Å²) < 4.78 is 11.0. The number of thiophene rings is 1. The summed E-state index contributed by atoms with van der Waals surface area (Å²) in [6.45, 7) is 0.185. The predicted octanol–water partition coefficient (Wildman–Crippen LogP) is 3.73. The van der Waals surface area contributed by atoms with E-state index in [1.807, 2.05) is 0 Å². The molecular weight excluding hydrogens is 326 g/mol. The van der Waals surface area contributed by atoms with Crippen molar-refractivity contribution in [1.82, 2.24) is 0 Å². The first-order valence-corrected chi connectivity index (χ1v) is 7.79. The Kier molecular flexibility index (Phi) is 4.31. The maximum atomic E-state index is 11.9. The molecular formula is C15H12ClNO4S. The van der Waals surface area contributed by atoms with Crippen LogP contribution in [0.15, 0.2) is 30.3 Å². The van der Waals surface area contributed by atoms with Gasteiger partial charge in [0.1, 0.15) is 0 Å². The molecule has 114 valence electrons. The molecule has 1 aliphatic heterocycles. The SMILES string of the molecule is O=C(CCC(=O)c1ccc(Cl)s1)Nc1ccc2c(c1)OCO2. The Hall–Kier alpha value is -2.05. The van der Waals surface area contributed by atoms with Crippen molar-refractivity contribution < 1.29 is 19.1 Å². The van der Waals surface area contributed by atoms with Gasteiger partial charge in [-0.3, -0.25) is 9.59 Å². The van der Waals surface area contributed by atoms with Gasteiger partial charge in [0.05, 0.1) is 9.21 Å². The maximum Gasteiger partial charge on any atom is 0.231 e. The summed E-state index contributed by atoms with van der Waals surface area (Å²) in [7, 11) is 0. The van der Waals surface area contributed by atoms with Crippen molar-refractivity contribution in [1.29, 1.82) is 0 Å². The minimum absolute atomic E-state index is 0.0854. The fraction of sp³-hybridized carbons (Fsp3) is 0.200. The highest BCUT2D eigenvalue weighted by Crippen LogP contribution is 2.34. The zero-order valence-electron chi connectivity index (χ0n) is 11.4. The van der Waals surface area contributed by atoms with Crippen LogP contribution < -0.4 is 14.8 Å². The average Bonchev–Trinajstić information content (AvgIpc) is 3.13. The van der Waals surface area contributed by atoms with E-state index >= 15 is 0 Å². The number of Topliss-reactive ketones (excluding diaryl/α,β-unsaturated/α-hetero) is 1. The molecule has 7 heteroatoms. The molecule has 0 fully saturated rings. The molecule has 1 aliphatic rings.